The van der Waals surface area contributed by atoms with Crippen molar-refractivity contribution in [2.45, 2.75) is 37.6 Å². The molecule has 0 aliphatic carbocycles. The zero-order chi connectivity index (χ0) is 16.9. The monoisotopic (exact) mass is 340 g/mol. The van der Waals surface area contributed by atoms with Crippen LogP contribution in [0.15, 0.2) is 27.5 Å². The van der Waals surface area contributed by atoms with E-state index in [1.165, 1.54) is 0 Å². The number of benzene rings is 1. The van der Waals surface area contributed by atoms with Gasteiger partial charge in [-0.25, -0.2) is 8.57 Å². The van der Waals surface area contributed by atoms with E-state index in [0.29, 0.717) is 24.9 Å². The summed E-state index contributed by atoms with van der Waals surface area (Å²) in [5, 5.41) is 3.36. The predicted molar refractivity (Wildman–Crippen MR) is 94.9 cm³/mol. The molecule has 1 N–H and O–H groups in total. The number of hydrogen-bond donors (Lipinski definition) is 1. The largest absolute Gasteiger partial charge is 0.495 e. The highest BCUT2D eigenvalue weighted by molar-refractivity contribution is 7.93. The standard InChI is InChI=1S/C17H28N2O3S/c1-13(2)12-18-16-6-5-15(11-17(16)21-3)23(4,20)19-14-7-9-22-10-8-14/h5-6,11,13-14,18H,7-10,12H2,1-4H3/t23-/m0/s1. The fraction of sp³-hybridized carbons (Fsp3) is 0.647. The van der Waals surface area contributed by atoms with Crippen LogP contribution in [0, 0.1) is 5.92 Å². The van der Waals surface area contributed by atoms with Gasteiger partial charge in [0.1, 0.15) is 5.75 Å². The van der Waals surface area contributed by atoms with Crippen molar-refractivity contribution < 1.29 is 13.7 Å². The molecule has 1 saturated heterocycles. The third-order valence-electron chi connectivity index (χ3n) is 3.85. The number of nitrogens with zero attached hydrogens (tertiary/aromatic N) is 1. The predicted octanol–water partition coefficient (Wildman–Crippen LogP) is 3.40. The van der Waals surface area contributed by atoms with Gasteiger partial charge < -0.3 is 14.8 Å². The molecule has 5 nitrogen and oxygen atoms in total. The molecule has 130 valence electrons. The second-order valence-corrected chi connectivity index (χ2v) is 8.68. The number of nitrogens with one attached hydrogen (secondary N) is 1. The van der Waals surface area contributed by atoms with Gasteiger partial charge in [-0.15, -0.1) is 0 Å². The summed E-state index contributed by atoms with van der Waals surface area (Å²) in [7, 11) is -0.797. The first-order valence-corrected chi connectivity index (χ1v) is 10.1. The van der Waals surface area contributed by atoms with Gasteiger partial charge in [0.2, 0.25) is 0 Å². The minimum atomic E-state index is -2.43. The highest BCUT2D eigenvalue weighted by Crippen LogP contribution is 2.29. The lowest BCUT2D eigenvalue weighted by Gasteiger charge is -2.20. The Morgan fingerprint density at radius 1 is 1.39 bits per heavy atom. The van der Waals surface area contributed by atoms with E-state index < -0.39 is 9.73 Å². The summed E-state index contributed by atoms with van der Waals surface area (Å²) in [6.07, 6.45) is 3.39. The minimum absolute atomic E-state index is 0.117. The summed E-state index contributed by atoms with van der Waals surface area (Å²) < 4.78 is 28.4. The van der Waals surface area contributed by atoms with Crippen molar-refractivity contribution in [3.05, 3.63) is 18.2 Å². The van der Waals surface area contributed by atoms with Crippen LogP contribution in [0.5, 0.6) is 5.75 Å². The quantitative estimate of drug-likeness (QED) is 0.862. The van der Waals surface area contributed by atoms with Crippen molar-refractivity contribution >= 4 is 15.4 Å². The maximum Gasteiger partial charge on any atom is 0.143 e. The third-order valence-corrected chi connectivity index (χ3v) is 5.68. The lowest BCUT2D eigenvalue weighted by atomic mass is 10.1. The van der Waals surface area contributed by atoms with Crippen molar-refractivity contribution in [3.8, 4) is 5.75 Å². The van der Waals surface area contributed by atoms with Gasteiger partial charge in [0, 0.05) is 26.0 Å². The Hall–Kier alpha value is -1.27. The molecule has 1 aliphatic heterocycles. The first-order valence-electron chi connectivity index (χ1n) is 8.13. The Kier molecular flexibility index (Phi) is 6.30. The van der Waals surface area contributed by atoms with Gasteiger partial charge in [0.25, 0.3) is 0 Å². The Morgan fingerprint density at radius 3 is 2.70 bits per heavy atom. The summed E-state index contributed by atoms with van der Waals surface area (Å²) in [6, 6.07) is 5.77. The van der Waals surface area contributed by atoms with E-state index in [-0.39, 0.29) is 6.04 Å². The second kappa shape index (κ2) is 8.02. The van der Waals surface area contributed by atoms with Crippen molar-refractivity contribution in [2.75, 3.05) is 38.4 Å². The molecule has 1 atom stereocenters. The summed E-state index contributed by atoms with van der Waals surface area (Å²) in [5.74, 6) is 1.25. The summed E-state index contributed by atoms with van der Waals surface area (Å²) in [4.78, 5) is 0.718. The van der Waals surface area contributed by atoms with E-state index >= 15 is 0 Å². The molecule has 2 rings (SSSR count). The summed E-state index contributed by atoms with van der Waals surface area (Å²) in [5.41, 5.74) is 0.922. The Bertz CT molecular complexity index is 631. The summed E-state index contributed by atoms with van der Waals surface area (Å²) >= 11 is 0. The molecule has 6 heteroatoms. The smallest absolute Gasteiger partial charge is 0.143 e. The molecule has 0 aromatic heterocycles. The van der Waals surface area contributed by atoms with Crippen LogP contribution in [0.4, 0.5) is 5.69 Å². The lowest BCUT2D eigenvalue weighted by molar-refractivity contribution is 0.0874. The van der Waals surface area contributed by atoms with Crippen LogP contribution in [-0.2, 0) is 14.5 Å². The molecule has 0 unspecified atom stereocenters. The molecule has 1 heterocycles. The Morgan fingerprint density at radius 2 is 2.09 bits per heavy atom. The van der Waals surface area contributed by atoms with Crippen LogP contribution < -0.4 is 10.1 Å². The van der Waals surface area contributed by atoms with Crippen LogP contribution >= 0.6 is 0 Å². The average Bonchev–Trinajstić information content (AvgIpc) is 2.53. The van der Waals surface area contributed by atoms with Crippen LogP contribution in [0.25, 0.3) is 0 Å². The zero-order valence-corrected chi connectivity index (χ0v) is 15.3. The highest BCUT2D eigenvalue weighted by atomic mass is 32.2. The zero-order valence-electron chi connectivity index (χ0n) is 14.5. The molecule has 1 fully saturated rings. The molecule has 23 heavy (non-hydrogen) atoms. The number of hydrogen-bond acceptors (Lipinski definition) is 5. The molecule has 1 aromatic carbocycles. The Balaban J connectivity index is 2.24. The number of rotatable bonds is 6. The normalized spacial score (nSPS) is 18.5. The molecular weight excluding hydrogens is 312 g/mol. The summed E-state index contributed by atoms with van der Waals surface area (Å²) in [6.45, 7) is 6.57. The van der Waals surface area contributed by atoms with Crippen LogP contribution in [0.2, 0.25) is 0 Å². The van der Waals surface area contributed by atoms with Gasteiger partial charge in [-0.2, -0.15) is 0 Å². The van der Waals surface area contributed by atoms with Crippen LogP contribution in [0.1, 0.15) is 26.7 Å². The highest BCUT2D eigenvalue weighted by Gasteiger charge is 2.17. The van der Waals surface area contributed by atoms with E-state index in [9.17, 15) is 4.21 Å². The van der Waals surface area contributed by atoms with Crippen molar-refractivity contribution in [1.29, 1.82) is 0 Å². The van der Waals surface area contributed by atoms with Crippen molar-refractivity contribution in [2.24, 2.45) is 10.3 Å². The maximum atomic E-state index is 13.0. The van der Waals surface area contributed by atoms with Gasteiger partial charge in [-0.3, -0.25) is 0 Å². The average molecular weight is 340 g/mol. The molecule has 0 radical (unpaired) electrons. The van der Waals surface area contributed by atoms with Gasteiger partial charge in [0.05, 0.1) is 33.5 Å². The fourth-order valence-corrected chi connectivity index (χ4v) is 4.05. The molecule has 0 amide bonds. The van der Waals surface area contributed by atoms with Gasteiger partial charge >= 0.3 is 0 Å². The van der Waals surface area contributed by atoms with Crippen LogP contribution in [0.3, 0.4) is 0 Å². The van der Waals surface area contributed by atoms with Gasteiger partial charge in [0.15, 0.2) is 0 Å². The molecular formula is C17H28N2O3S. The van der Waals surface area contributed by atoms with Crippen molar-refractivity contribution in [3.63, 3.8) is 0 Å². The first-order chi connectivity index (χ1) is 10.9. The van der Waals surface area contributed by atoms with Gasteiger partial charge in [-0.05, 0) is 37.0 Å². The number of anilines is 1. The minimum Gasteiger partial charge on any atom is -0.495 e. The van der Waals surface area contributed by atoms with Crippen molar-refractivity contribution in [1.82, 2.24) is 0 Å². The van der Waals surface area contributed by atoms with E-state index in [4.69, 9.17) is 9.47 Å². The molecule has 0 saturated carbocycles. The molecule has 1 aliphatic rings. The molecule has 1 aromatic rings. The third kappa shape index (κ3) is 5.11. The first kappa shape index (κ1) is 18.1. The maximum absolute atomic E-state index is 13.0. The Labute approximate surface area is 139 Å². The van der Waals surface area contributed by atoms with Gasteiger partial charge in [-0.1, -0.05) is 13.8 Å². The fourth-order valence-electron chi connectivity index (χ4n) is 2.50. The number of ether oxygens (including phenoxy) is 2. The lowest BCUT2D eigenvalue weighted by Crippen LogP contribution is -2.20. The van der Waals surface area contributed by atoms with E-state index in [1.54, 1.807) is 13.4 Å². The number of methoxy groups -OCH3 is 1. The SMILES string of the molecule is COc1cc([S@](C)(=O)=NC2CCOCC2)ccc1NCC(C)C. The molecule has 0 spiro atoms. The van der Waals surface area contributed by atoms with E-state index in [1.807, 2.05) is 18.2 Å². The van der Waals surface area contributed by atoms with E-state index in [0.717, 1.165) is 30.0 Å². The van der Waals surface area contributed by atoms with E-state index in [2.05, 4.69) is 23.5 Å². The van der Waals surface area contributed by atoms with Crippen LogP contribution in [-0.4, -0.2) is 43.4 Å². The molecule has 0 bridgehead atoms. The topological polar surface area (TPSA) is 59.9 Å². The second-order valence-electron chi connectivity index (χ2n) is 6.39.